The average Bonchev–Trinajstić information content (AvgIpc) is 3.25. The van der Waals surface area contributed by atoms with Gasteiger partial charge in [-0.15, -0.1) is 6.58 Å². The molecule has 0 unspecified atom stereocenters. The number of carbonyl (C=O) groups excluding carboxylic acids is 1. The minimum atomic E-state index is -0.0330. The molecular formula is C19H23NO5. The second kappa shape index (κ2) is 7.06. The van der Waals surface area contributed by atoms with Crippen molar-refractivity contribution in [3.8, 4) is 11.5 Å². The number of rotatable bonds is 5. The second-order valence-electron chi connectivity index (χ2n) is 6.59. The van der Waals surface area contributed by atoms with Gasteiger partial charge in [-0.3, -0.25) is 4.79 Å². The van der Waals surface area contributed by atoms with E-state index in [2.05, 4.69) is 6.58 Å². The molecule has 6 nitrogen and oxygen atoms in total. The molecule has 1 aliphatic carbocycles. The third-order valence-corrected chi connectivity index (χ3v) is 5.08. The van der Waals surface area contributed by atoms with E-state index in [4.69, 9.17) is 18.9 Å². The lowest BCUT2D eigenvalue weighted by atomic mass is 10.1. The Labute approximate surface area is 147 Å². The lowest BCUT2D eigenvalue weighted by Gasteiger charge is -2.39. The van der Waals surface area contributed by atoms with Gasteiger partial charge in [-0.25, -0.2) is 0 Å². The van der Waals surface area contributed by atoms with Crippen molar-refractivity contribution in [2.24, 2.45) is 0 Å². The van der Waals surface area contributed by atoms with Crippen LogP contribution >= 0.6 is 0 Å². The van der Waals surface area contributed by atoms with Gasteiger partial charge >= 0.3 is 0 Å². The predicted molar refractivity (Wildman–Crippen MR) is 90.7 cm³/mol. The van der Waals surface area contributed by atoms with Gasteiger partial charge in [-0.1, -0.05) is 12.1 Å². The van der Waals surface area contributed by atoms with E-state index < -0.39 is 0 Å². The first-order chi connectivity index (χ1) is 12.3. The maximum atomic E-state index is 12.9. The summed E-state index contributed by atoms with van der Waals surface area (Å²) in [4.78, 5) is 14.8. The first kappa shape index (κ1) is 16.4. The van der Waals surface area contributed by atoms with Crippen LogP contribution in [-0.2, 0) is 20.7 Å². The van der Waals surface area contributed by atoms with Crippen LogP contribution in [0.15, 0.2) is 30.9 Å². The first-order valence-corrected chi connectivity index (χ1v) is 8.78. The second-order valence-corrected chi connectivity index (χ2v) is 6.59. The van der Waals surface area contributed by atoms with E-state index in [1.165, 1.54) is 0 Å². The highest BCUT2D eigenvalue weighted by Crippen LogP contribution is 2.34. The zero-order valence-corrected chi connectivity index (χ0v) is 14.2. The normalized spacial score (nSPS) is 27.2. The molecule has 2 heterocycles. The zero-order valence-electron chi connectivity index (χ0n) is 14.2. The monoisotopic (exact) mass is 345 g/mol. The Bertz CT molecular complexity index is 661. The maximum absolute atomic E-state index is 12.9. The number of carbonyl (C=O) groups is 1. The van der Waals surface area contributed by atoms with Gasteiger partial charge in [-0.2, -0.15) is 0 Å². The summed E-state index contributed by atoms with van der Waals surface area (Å²) in [5.74, 6) is 1.58. The van der Waals surface area contributed by atoms with Gasteiger partial charge in [0.05, 0.1) is 31.8 Å². The fraction of sp³-hybridized carbons (Fsp3) is 0.526. The Hall–Kier alpha value is -2.05. The quantitative estimate of drug-likeness (QED) is 0.763. The van der Waals surface area contributed by atoms with Crippen LogP contribution in [0.5, 0.6) is 11.5 Å². The van der Waals surface area contributed by atoms with Crippen molar-refractivity contribution in [1.82, 2.24) is 4.90 Å². The van der Waals surface area contributed by atoms with Crippen LogP contribution in [0.4, 0.5) is 0 Å². The fourth-order valence-corrected chi connectivity index (χ4v) is 3.92. The first-order valence-electron chi connectivity index (χ1n) is 8.78. The summed E-state index contributed by atoms with van der Waals surface area (Å²) < 4.78 is 22.4. The van der Waals surface area contributed by atoms with Crippen molar-refractivity contribution in [1.29, 1.82) is 0 Å². The summed E-state index contributed by atoms with van der Waals surface area (Å²) in [5.41, 5.74) is 0.940. The lowest BCUT2D eigenvalue weighted by molar-refractivity contribution is -0.150. The molecule has 6 heteroatoms. The molecule has 1 aromatic carbocycles. The molecule has 0 radical (unpaired) electrons. The minimum Gasteiger partial charge on any atom is -0.454 e. The number of hydrogen-bond acceptors (Lipinski definition) is 5. The summed E-state index contributed by atoms with van der Waals surface area (Å²) in [5, 5.41) is 0. The van der Waals surface area contributed by atoms with Crippen LogP contribution in [0.2, 0.25) is 0 Å². The molecule has 0 N–H and O–H groups in total. The minimum absolute atomic E-state index is 0.0330. The van der Waals surface area contributed by atoms with Gasteiger partial charge in [0.25, 0.3) is 0 Å². The number of morpholine rings is 1. The summed E-state index contributed by atoms with van der Waals surface area (Å²) in [6.45, 7) is 5.64. The number of nitrogens with zero attached hydrogens (tertiary/aromatic N) is 1. The number of benzene rings is 1. The Kier molecular flexibility index (Phi) is 4.63. The maximum Gasteiger partial charge on any atom is 0.231 e. The predicted octanol–water partition coefficient (Wildman–Crippen LogP) is 1.92. The van der Waals surface area contributed by atoms with Crippen molar-refractivity contribution in [2.45, 2.75) is 37.5 Å². The zero-order chi connectivity index (χ0) is 17.2. The van der Waals surface area contributed by atoms with Gasteiger partial charge in [0.1, 0.15) is 6.10 Å². The van der Waals surface area contributed by atoms with E-state index in [1.807, 2.05) is 23.1 Å². The highest BCUT2D eigenvalue weighted by molar-refractivity contribution is 5.79. The average molecular weight is 345 g/mol. The van der Waals surface area contributed by atoms with Gasteiger partial charge in [0.15, 0.2) is 11.5 Å². The van der Waals surface area contributed by atoms with Gasteiger partial charge in [0.2, 0.25) is 12.7 Å². The number of amides is 1. The Balaban J connectivity index is 1.42. The standard InChI is InChI=1S/C19H23NO5/c1-2-8-22-16-6-4-14-19(16)23-9-7-20(14)18(21)11-13-3-5-15-17(10-13)25-12-24-15/h2-3,5,10,14,16,19H,1,4,6-9,11-12H2/t14-,16-,19+/m1/s1. The third kappa shape index (κ3) is 3.24. The molecule has 0 bridgehead atoms. The van der Waals surface area contributed by atoms with Crippen LogP contribution in [0.1, 0.15) is 18.4 Å². The molecule has 1 aromatic rings. The summed E-state index contributed by atoms with van der Waals surface area (Å²) in [6, 6.07) is 5.78. The number of hydrogen-bond donors (Lipinski definition) is 0. The molecule has 3 aliphatic rings. The van der Waals surface area contributed by atoms with E-state index in [1.54, 1.807) is 6.08 Å². The van der Waals surface area contributed by atoms with Crippen LogP contribution in [0, 0.1) is 0 Å². The molecule has 2 aliphatic heterocycles. The lowest BCUT2D eigenvalue weighted by Crippen LogP contribution is -2.54. The van der Waals surface area contributed by atoms with Gasteiger partial charge < -0.3 is 23.8 Å². The smallest absolute Gasteiger partial charge is 0.231 e. The molecule has 0 aromatic heterocycles. The summed E-state index contributed by atoms with van der Waals surface area (Å²) in [6.07, 6.45) is 3.95. The highest BCUT2D eigenvalue weighted by atomic mass is 16.7. The molecule has 134 valence electrons. The largest absolute Gasteiger partial charge is 0.454 e. The molecular weight excluding hydrogens is 322 g/mol. The highest BCUT2D eigenvalue weighted by Gasteiger charge is 2.44. The SMILES string of the molecule is C=CCO[C@@H]1CC[C@@H]2[C@@H]1OCCN2C(=O)Cc1ccc2c(c1)OCO2. The molecule has 1 amide bonds. The molecule has 3 atom stereocenters. The topological polar surface area (TPSA) is 57.2 Å². The molecule has 4 rings (SSSR count). The van der Waals surface area contributed by atoms with Gasteiger partial charge in [0, 0.05) is 6.54 Å². The molecule has 1 saturated carbocycles. The van der Waals surface area contributed by atoms with Crippen molar-refractivity contribution in [2.75, 3.05) is 26.6 Å². The van der Waals surface area contributed by atoms with E-state index >= 15 is 0 Å². The Morgan fingerprint density at radius 2 is 2.20 bits per heavy atom. The van der Waals surface area contributed by atoms with Crippen molar-refractivity contribution in [3.63, 3.8) is 0 Å². The number of ether oxygens (including phenoxy) is 4. The van der Waals surface area contributed by atoms with Crippen LogP contribution in [0.25, 0.3) is 0 Å². The molecule has 25 heavy (non-hydrogen) atoms. The van der Waals surface area contributed by atoms with E-state index in [9.17, 15) is 4.79 Å². The number of fused-ring (bicyclic) bond motifs is 2. The van der Waals surface area contributed by atoms with E-state index in [0.717, 1.165) is 24.2 Å². The fourth-order valence-electron chi connectivity index (χ4n) is 3.92. The molecule has 1 saturated heterocycles. The van der Waals surface area contributed by atoms with Crippen molar-refractivity contribution < 1.29 is 23.7 Å². The molecule has 0 spiro atoms. The third-order valence-electron chi connectivity index (χ3n) is 5.08. The van der Waals surface area contributed by atoms with Crippen LogP contribution < -0.4 is 9.47 Å². The molecule has 2 fully saturated rings. The Morgan fingerprint density at radius 1 is 1.32 bits per heavy atom. The van der Waals surface area contributed by atoms with E-state index in [0.29, 0.717) is 31.9 Å². The van der Waals surface area contributed by atoms with Gasteiger partial charge in [-0.05, 0) is 30.5 Å². The van der Waals surface area contributed by atoms with Crippen molar-refractivity contribution in [3.05, 3.63) is 36.4 Å². The van der Waals surface area contributed by atoms with Crippen LogP contribution in [-0.4, -0.2) is 55.6 Å². The van der Waals surface area contributed by atoms with E-state index in [-0.39, 0.29) is 30.9 Å². The summed E-state index contributed by atoms with van der Waals surface area (Å²) in [7, 11) is 0. The summed E-state index contributed by atoms with van der Waals surface area (Å²) >= 11 is 0. The van der Waals surface area contributed by atoms with Crippen LogP contribution in [0.3, 0.4) is 0 Å². The van der Waals surface area contributed by atoms with Crippen molar-refractivity contribution >= 4 is 5.91 Å². The Morgan fingerprint density at radius 3 is 3.08 bits per heavy atom.